The second-order valence-electron chi connectivity index (χ2n) is 4.79. The van der Waals surface area contributed by atoms with Gasteiger partial charge in [0, 0.05) is 22.5 Å². The standard InChI is InChI=1S/C15H10N4O2/c20-10-1-2-11-8(3-10)4-12(18-11)14(21)13-5-9-6-16-7-17-15(9)19-13/h1-7,18,20H,(H,16,17,19). The molecule has 0 radical (unpaired) electrons. The predicted molar refractivity (Wildman–Crippen MR) is 77.3 cm³/mol. The van der Waals surface area contributed by atoms with Gasteiger partial charge in [-0.3, -0.25) is 4.79 Å². The Balaban J connectivity index is 1.81. The molecule has 0 bridgehead atoms. The van der Waals surface area contributed by atoms with Crippen LogP contribution in [0.2, 0.25) is 0 Å². The SMILES string of the molecule is O=C(c1cc2cc(O)ccc2[nH]1)c1cc2cncnc2[nH]1. The summed E-state index contributed by atoms with van der Waals surface area (Å²) in [6, 6.07) is 8.36. The lowest BCUT2D eigenvalue weighted by molar-refractivity contribution is 0.103. The average Bonchev–Trinajstić information content (AvgIpc) is 3.09. The summed E-state index contributed by atoms with van der Waals surface area (Å²) in [5.74, 6) is 0.00470. The molecule has 0 aliphatic heterocycles. The largest absolute Gasteiger partial charge is 0.508 e. The van der Waals surface area contributed by atoms with Gasteiger partial charge in [-0.1, -0.05) is 0 Å². The third-order valence-corrected chi connectivity index (χ3v) is 3.39. The lowest BCUT2D eigenvalue weighted by Gasteiger charge is -1.93. The minimum atomic E-state index is -0.163. The van der Waals surface area contributed by atoms with Gasteiger partial charge in [-0.15, -0.1) is 0 Å². The van der Waals surface area contributed by atoms with Crippen LogP contribution in [0.25, 0.3) is 21.9 Å². The summed E-state index contributed by atoms with van der Waals surface area (Å²) in [7, 11) is 0. The highest BCUT2D eigenvalue weighted by molar-refractivity contribution is 6.10. The van der Waals surface area contributed by atoms with E-state index in [4.69, 9.17) is 0 Å². The molecule has 0 spiro atoms. The maximum absolute atomic E-state index is 12.5. The Hall–Kier alpha value is -3.15. The molecule has 0 atom stereocenters. The summed E-state index contributed by atoms with van der Waals surface area (Å²) in [6.45, 7) is 0. The van der Waals surface area contributed by atoms with Crippen LogP contribution in [0.1, 0.15) is 16.2 Å². The molecule has 21 heavy (non-hydrogen) atoms. The molecule has 0 aliphatic rings. The second-order valence-corrected chi connectivity index (χ2v) is 4.79. The van der Waals surface area contributed by atoms with Crippen molar-refractivity contribution in [2.24, 2.45) is 0 Å². The maximum atomic E-state index is 12.5. The third kappa shape index (κ3) is 1.85. The number of benzene rings is 1. The van der Waals surface area contributed by atoms with Crippen LogP contribution in [0, 0.1) is 0 Å². The highest BCUT2D eigenvalue weighted by Crippen LogP contribution is 2.22. The number of carbonyl (C=O) groups is 1. The molecule has 0 amide bonds. The molecular weight excluding hydrogens is 268 g/mol. The summed E-state index contributed by atoms with van der Waals surface area (Å²) in [5, 5.41) is 11.0. The number of rotatable bonds is 2. The van der Waals surface area contributed by atoms with Crippen LogP contribution in [0.15, 0.2) is 42.9 Å². The first kappa shape index (κ1) is 11.7. The van der Waals surface area contributed by atoms with Gasteiger partial charge in [-0.05, 0) is 30.3 Å². The van der Waals surface area contributed by atoms with E-state index in [0.29, 0.717) is 17.0 Å². The van der Waals surface area contributed by atoms with Crippen LogP contribution in [-0.4, -0.2) is 30.8 Å². The Morgan fingerprint density at radius 3 is 2.71 bits per heavy atom. The van der Waals surface area contributed by atoms with Crippen LogP contribution in [-0.2, 0) is 0 Å². The first-order valence-electron chi connectivity index (χ1n) is 6.36. The predicted octanol–water partition coefficient (Wildman–Crippen LogP) is 2.38. The number of nitrogens with zero attached hydrogens (tertiary/aromatic N) is 2. The number of fused-ring (bicyclic) bond motifs is 2. The fraction of sp³-hybridized carbons (Fsp3) is 0. The van der Waals surface area contributed by atoms with E-state index in [9.17, 15) is 9.90 Å². The molecule has 0 fully saturated rings. The van der Waals surface area contributed by atoms with Crippen molar-refractivity contribution in [3.8, 4) is 5.75 Å². The highest BCUT2D eigenvalue weighted by Gasteiger charge is 2.15. The quantitative estimate of drug-likeness (QED) is 0.490. The van der Waals surface area contributed by atoms with Crippen molar-refractivity contribution in [2.75, 3.05) is 0 Å². The normalized spacial score (nSPS) is 11.2. The molecule has 6 nitrogen and oxygen atoms in total. The molecule has 3 heterocycles. The number of hydrogen-bond acceptors (Lipinski definition) is 4. The van der Waals surface area contributed by atoms with E-state index in [-0.39, 0.29) is 11.5 Å². The Kier molecular flexibility index (Phi) is 2.32. The summed E-state index contributed by atoms with van der Waals surface area (Å²) >= 11 is 0. The van der Waals surface area contributed by atoms with Gasteiger partial charge >= 0.3 is 0 Å². The maximum Gasteiger partial charge on any atom is 0.225 e. The molecule has 4 rings (SSSR count). The Morgan fingerprint density at radius 2 is 1.86 bits per heavy atom. The molecule has 1 aromatic carbocycles. The first-order valence-corrected chi connectivity index (χ1v) is 6.36. The van der Waals surface area contributed by atoms with Gasteiger partial charge in [0.15, 0.2) is 0 Å². The van der Waals surface area contributed by atoms with Crippen molar-refractivity contribution in [3.05, 3.63) is 54.2 Å². The van der Waals surface area contributed by atoms with Crippen molar-refractivity contribution in [2.45, 2.75) is 0 Å². The van der Waals surface area contributed by atoms with Crippen LogP contribution in [0.5, 0.6) is 5.75 Å². The molecular formula is C15H10N4O2. The fourth-order valence-corrected chi connectivity index (χ4v) is 2.38. The summed E-state index contributed by atoms with van der Waals surface area (Å²) in [6.07, 6.45) is 3.08. The van der Waals surface area contributed by atoms with E-state index in [1.807, 2.05) is 0 Å². The van der Waals surface area contributed by atoms with Gasteiger partial charge in [-0.25, -0.2) is 9.97 Å². The van der Waals surface area contributed by atoms with Crippen molar-refractivity contribution in [3.63, 3.8) is 0 Å². The Labute approximate surface area is 118 Å². The number of phenols is 1. The first-order chi connectivity index (χ1) is 10.2. The number of phenolic OH excluding ortho intramolecular Hbond substituents is 1. The minimum Gasteiger partial charge on any atom is -0.508 e. The number of aromatic hydroxyl groups is 1. The minimum absolute atomic E-state index is 0.163. The van der Waals surface area contributed by atoms with Gasteiger partial charge < -0.3 is 15.1 Å². The summed E-state index contributed by atoms with van der Waals surface area (Å²) < 4.78 is 0. The average molecular weight is 278 g/mol. The van der Waals surface area contributed by atoms with E-state index >= 15 is 0 Å². The lowest BCUT2D eigenvalue weighted by atomic mass is 10.2. The third-order valence-electron chi connectivity index (χ3n) is 3.39. The van der Waals surface area contributed by atoms with Crippen molar-refractivity contribution in [1.29, 1.82) is 0 Å². The number of hydrogen-bond donors (Lipinski definition) is 3. The number of aromatic nitrogens is 4. The summed E-state index contributed by atoms with van der Waals surface area (Å²) in [5.41, 5.74) is 2.32. The number of nitrogens with one attached hydrogen (secondary N) is 2. The van der Waals surface area contributed by atoms with Gasteiger partial charge in [-0.2, -0.15) is 0 Å². The van der Waals surface area contributed by atoms with Crippen molar-refractivity contribution in [1.82, 2.24) is 19.9 Å². The number of carbonyl (C=O) groups excluding carboxylic acids is 1. The second kappa shape index (κ2) is 4.17. The van der Waals surface area contributed by atoms with E-state index < -0.39 is 0 Å². The van der Waals surface area contributed by atoms with Gasteiger partial charge in [0.05, 0.1) is 11.4 Å². The Bertz CT molecular complexity index is 951. The topological polar surface area (TPSA) is 94.7 Å². The van der Waals surface area contributed by atoms with E-state index in [1.165, 1.54) is 6.33 Å². The smallest absolute Gasteiger partial charge is 0.225 e. The zero-order valence-electron chi connectivity index (χ0n) is 10.8. The van der Waals surface area contributed by atoms with Crippen LogP contribution in [0.4, 0.5) is 0 Å². The molecule has 0 aliphatic carbocycles. The zero-order valence-corrected chi connectivity index (χ0v) is 10.8. The van der Waals surface area contributed by atoms with Crippen molar-refractivity contribution >= 4 is 27.7 Å². The monoisotopic (exact) mass is 278 g/mol. The van der Waals surface area contributed by atoms with Gasteiger partial charge in [0.1, 0.15) is 17.7 Å². The number of H-pyrrole nitrogens is 2. The van der Waals surface area contributed by atoms with Crippen LogP contribution >= 0.6 is 0 Å². The molecule has 0 saturated heterocycles. The van der Waals surface area contributed by atoms with E-state index in [1.54, 1.807) is 36.5 Å². The fourth-order valence-electron chi connectivity index (χ4n) is 2.38. The van der Waals surface area contributed by atoms with Crippen LogP contribution in [0.3, 0.4) is 0 Å². The van der Waals surface area contributed by atoms with Gasteiger partial charge in [0.2, 0.25) is 5.78 Å². The highest BCUT2D eigenvalue weighted by atomic mass is 16.3. The van der Waals surface area contributed by atoms with Gasteiger partial charge in [0.25, 0.3) is 0 Å². The Morgan fingerprint density at radius 1 is 1.05 bits per heavy atom. The summed E-state index contributed by atoms with van der Waals surface area (Å²) in [4.78, 5) is 26.5. The number of ketones is 1. The molecule has 3 aromatic heterocycles. The number of aromatic amines is 2. The zero-order chi connectivity index (χ0) is 14.4. The molecule has 102 valence electrons. The molecule has 4 aromatic rings. The van der Waals surface area contributed by atoms with E-state index in [0.717, 1.165) is 16.3 Å². The molecule has 3 N–H and O–H groups in total. The molecule has 6 heteroatoms. The lowest BCUT2D eigenvalue weighted by Crippen LogP contribution is -2.01. The van der Waals surface area contributed by atoms with Crippen LogP contribution < -0.4 is 0 Å². The van der Waals surface area contributed by atoms with E-state index in [2.05, 4.69) is 19.9 Å². The molecule has 0 saturated carbocycles. The molecule has 0 unspecified atom stereocenters. The van der Waals surface area contributed by atoms with Crippen molar-refractivity contribution < 1.29 is 9.90 Å².